The van der Waals surface area contributed by atoms with Crippen molar-refractivity contribution in [3.63, 3.8) is 0 Å². The molecule has 0 spiro atoms. The summed E-state index contributed by atoms with van der Waals surface area (Å²) in [7, 11) is 0. The second kappa shape index (κ2) is 8.50. The van der Waals surface area contributed by atoms with E-state index in [2.05, 4.69) is 10.6 Å². The average molecular weight is 349 g/mol. The molecule has 0 aliphatic carbocycles. The maximum atomic E-state index is 12.2. The highest BCUT2D eigenvalue weighted by atomic mass is 35.5. The molecule has 6 heteroatoms. The summed E-state index contributed by atoms with van der Waals surface area (Å²) in [6.45, 7) is 2.64. The molecule has 2 N–H and O–H groups in total. The summed E-state index contributed by atoms with van der Waals surface area (Å²) in [5.74, 6) is 0.361. The highest BCUT2D eigenvalue weighted by Gasteiger charge is 2.09. The van der Waals surface area contributed by atoms with Crippen LogP contribution in [0, 0.1) is 0 Å². The minimum Gasteiger partial charge on any atom is -0.494 e. The lowest BCUT2D eigenvalue weighted by Gasteiger charge is -2.11. The first-order valence-electron chi connectivity index (χ1n) is 7.19. The second-order valence-electron chi connectivity index (χ2n) is 4.79. The second-order valence-corrected chi connectivity index (χ2v) is 5.64. The van der Waals surface area contributed by atoms with Gasteiger partial charge < -0.3 is 10.1 Å². The third kappa shape index (κ3) is 5.54. The van der Waals surface area contributed by atoms with Crippen LogP contribution in [-0.4, -0.2) is 17.6 Å². The van der Waals surface area contributed by atoms with Crippen molar-refractivity contribution in [1.29, 1.82) is 0 Å². The molecule has 0 fully saturated rings. The minimum absolute atomic E-state index is 0.206. The first-order chi connectivity index (χ1) is 11.1. The summed E-state index contributed by atoms with van der Waals surface area (Å²) in [5, 5.41) is 6.34. The van der Waals surface area contributed by atoms with E-state index in [4.69, 9.17) is 28.6 Å². The fourth-order valence-corrected chi connectivity index (χ4v) is 2.25. The van der Waals surface area contributed by atoms with Gasteiger partial charge in [0, 0.05) is 16.3 Å². The Hall–Kier alpha value is -2.11. The number of ether oxygens (including phenoxy) is 1. The van der Waals surface area contributed by atoms with Gasteiger partial charge in [-0.25, -0.2) is 0 Å². The van der Waals surface area contributed by atoms with Crippen molar-refractivity contribution in [2.45, 2.75) is 13.3 Å². The van der Waals surface area contributed by atoms with Crippen molar-refractivity contribution in [2.24, 2.45) is 0 Å². The van der Waals surface area contributed by atoms with E-state index in [0.717, 1.165) is 6.42 Å². The number of amides is 1. The first-order valence-corrected chi connectivity index (χ1v) is 7.98. The molecule has 2 aromatic carbocycles. The van der Waals surface area contributed by atoms with Crippen LogP contribution in [0.3, 0.4) is 0 Å². The lowest BCUT2D eigenvalue weighted by Crippen LogP contribution is -2.34. The number of anilines is 1. The van der Waals surface area contributed by atoms with Crippen molar-refractivity contribution in [3.8, 4) is 5.75 Å². The zero-order valence-corrected chi connectivity index (χ0v) is 14.2. The quantitative estimate of drug-likeness (QED) is 0.793. The summed E-state index contributed by atoms with van der Waals surface area (Å²) in [6, 6.07) is 14.1. The molecule has 2 aromatic rings. The molecule has 0 aliphatic rings. The number of thiocarbonyl (C=S) groups is 1. The van der Waals surface area contributed by atoms with Gasteiger partial charge in [0.2, 0.25) is 0 Å². The third-order valence-corrected chi connectivity index (χ3v) is 3.32. The number of rotatable bonds is 5. The van der Waals surface area contributed by atoms with E-state index in [1.807, 2.05) is 19.1 Å². The smallest absolute Gasteiger partial charge is 0.257 e. The normalized spacial score (nSPS) is 10.0. The summed E-state index contributed by atoms with van der Waals surface area (Å²) in [5.41, 5.74) is 1.19. The summed E-state index contributed by atoms with van der Waals surface area (Å²) in [6.07, 6.45) is 0.907. The van der Waals surface area contributed by atoms with Crippen LogP contribution in [0.5, 0.6) is 5.75 Å². The monoisotopic (exact) mass is 348 g/mol. The molecule has 2 rings (SSSR count). The number of halogens is 1. The number of hydrogen-bond donors (Lipinski definition) is 2. The number of carbonyl (C=O) groups excluding carboxylic acids is 1. The number of carbonyl (C=O) groups is 1. The molecular formula is C17H17ClN2O2S. The first kappa shape index (κ1) is 17.2. The predicted molar refractivity (Wildman–Crippen MR) is 97.4 cm³/mol. The van der Waals surface area contributed by atoms with E-state index in [1.165, 1.54) is 0 Å². The fourth-order valence-electron chi connectivity index (χ4n) is 1.85. The zero-order chi connectivity index (χ0) is 16.7. The fraction of sp³-hybridized carbons (Fsp3) is 0.176. The number of hydrogen-bond acceptors (Lipinski definition) is 3. The lowest BCUT2D eigenvalue weighted by atomic mass is 10.2. The summed E-state index contributed by atoms with van der Waals surface area (Å²) >= 11 is 11.0. The van der Waals surface area contributed by atoms with Crippen LogP contribution < -0.4 is 15.4 Å². The van der Waals surface area contributed by atoms with E-state index in [0.29, 0.717) is 28.6 Å². The summed E-state index contributed by atoms with van der Waals surface area (Å²) < 4.78 is 5.52. The third-order valence-electron chi connectivity index (χ3n) is 2.88. The molecule has 0 heterocycles. The van der Waals surface area contributed by atoms with Crippen molar-refractivity contribution in [3.05, 3.63) is 59.1 Å². The van der Waals surface area contributed by atoms with Gasteiger partial charge in [0.25, 0.3) is 5.91 Å². The molecule has 0 aromatic heterocycles. The molecular weight excluding hydrogens is 332 g/mol. The van der Waals surface area contributed by atoms with Crippen LogP contribution >= 0.6 is 23.8 Å². The molecule has 0 atom stereocenters. The molecule has 0 saturated carbocycles. The Morgan fingerprint density at radius 1 is 1.22 bits per heavy atom. The molecule has 0 bridgehead atoms. The van der Waals surface area contributed by atoms with Gasteiger partial charge in [-0.2, -0.15) is 0 Å². The van der Waals surface area contributed by atoms with Gasteiger partial charge in [-0.05, 0) is 55.0 Å². The SMILES string of the molecule is CCCOc1cccc(C(=O)NC(=S)Nc2cccc(Cl)c2)c1. The zero-order valence-electron chi connectivity index (χ0n) is 12.6. The molecule has 1 amide bonds. The molecule has 23 heavy (non-hydrogen) atoms. The molecule has 120 valence electrons. The highest BCUT2D eigenvalue weighted by Crippen LogP contribution is 2.15. The van der Waals surface area contributed by atoms with Crippen LogP contribution in [-0.2, 0) is 0 Å². The van der Waals surface area contributed by atoms with Gasteiger partial charge in [0.1, 0.15) is 5.75 Å². The topological polar surface area (TPSA) is 50.4 Å². The van der Waals surface area contributed by atoms with Gasteiger partial charge in [-0.1, -0.05) is 30.7 Å². The predicted octanol–water partition coefficient (Wildman–Crippen LogP) is 4.26. The van der Waals surface area contributed by atoms with Gasteiger partial charge in [0.05, 0.1) is 6.61 Å². The van der Waals surface area contributed by atoms with E-state index < -0.39 is 0 Å². The number of nitrogens with one attached hydrogen (secondary N) is 2. The van der Waals surface area contributed by atoms with Gasteiger partial charge >= 0.3 is 0 Å². The molecule has 0 unspecified atom stereocenters. The van der Waals surface area contributed by atoms with E-state index >= 15 is 0 Å². The minimum atomic E-state index is -0.300. The van der Waals surface area contributed by atoms with Gasteiger partial charge in [0.15, 0.2) is 5.11 Å². The largest absolute Gasteiger partial charge is 0.494 e. The van der Waals surface area contributed by atoms with Crippen LogP contribution in [0.15, 0.2) is 48.5 Å². The molecule has 0 saturated heterocycles. The average Bonchev–Trinajstić information content (AvgIpc) is 2.53. The Balaban J connectivity index is 1.97. The van der Waals surface area contributed by atoms with E-state index in [-0.39, 0.29) is 11.0 Å². The summed E-state index contributed by atoms with van der Waals surface area (Å²) in [4.78, 5) is 12.2. The van der Waals surface area contributed by atoms with Crippen molar-refractivity contribution < 1.29 is 9.53 Å². The Kier molecular flexibility index (Phi) is 6.38. The Bertz CT molecular complexity index is 706. The highest BCUT2D eigenvalue weighted by molar-refractivity contribution is 7.80. The van der Waals surface area contributed by atoms with Crippen LogP contribution in [0.25, 0.3) is 0 Å². The Morgan fingerprint density at radius 2 is 2.00 bits per heavy atom. The van der Waals surface area contributed by atoms with Crippen LogP contribution in [0.4, 0.5) is 5.69 Å². The van der Waals surface area contributed by atoms with Gasteiger partial charge in [-0.15, -0.1) is 0 Å². The molecule has 0 aliphatic heterocycles. The Labute approximate surface area is 145 Å². The number of benzene rings is 2. The van der Waals surface area contributed by atoms with Gasteiger partial charge in [-0.3, -0.25) is 10.1 Å². The van der Waals surface area contributed by atoms with Crippen LogP contribution in [0.2, 0.25) is 5.02 Å². The maximum absolute atomic E-state index is 12.2. The molecule has 4 nitrogen and oxygen atoms in total. The van der Waals surface area contributed by atoms with Crippen molar-refractivity contribution in [2.75, 3.05) is 11.9 Å². The molecule has 0 radical (unpaired) electrons. The van der Waals surface area contributed by atoms with Crippen molar-refractivity contribution >= 4 is 40.5 Å². The standard InChI is InChI=1S/C17H17ClN2O2S/c1-2-9-22-15-8-3-5-12(10-15)16(21)20-17(23)19-14-7-4-6-13(18)11-14/h3-8,10-11H,2,9H2,1H3,(H2,19,20,21,23). The van der Waals surface area contributed by atoms with E-state index in [1.54, 1.807) is 36.4 Å². The maximum Gasteiger partial charge on any atom is 0.257 e. The van der Waals surface area contributed by atoms with Crippen LogP contribution in [0.1, 0.15) is 23.7 Å². The van der Waals surface area contributed by atoms with Crippen molar-refractivity contribution in [1.82, 2.24) is 5.32 Å². The lowest BCUT2D eigenvalue weighted by molar-refractivity contribution is 0.0977. The van der Waals surface area contributed by atoms with E-state index in [9.17, 15) is 4.79 Å². The Morgan fingerprint density at radius 3 is 2.74 bits per heavy atom.